The van der Waals surface area contributed by atoms with Crippen LogP contribution < -0.4 is 5.73 Å². The molecule has 0 aliphatic rings. The maximum absolute atomic E-state index is 13.2. The molecule has 1 aromatic rings. The number of rotatable bonds is 2. The third kappa shape index (κ3) is 2.44. The highest BCUT2D eigenvalue weighted by Gasteiger charge is 2.35. The standard InChI is InChI=1S/C9H8F5N/c10-7(4-15)5-2-1-3-6(8(5)11)9(12,13)14/h1-3,7H,4,15H2. The molecule has 0 aromatic heterocycles. The molecule has 0 aliphatic heterocycles. The Morgan fingerprint density at radius 2 is 1.87 bits per heavy atom. The Labute approximate surface area is 82.7 Å². The van der Waals surface area contributed by atoms with Crippen molar-refractivity contribution < 1.29 is 22.0 Å². The zero-order valence-corrected chi connectivity index (χ0v) is 7.48. The third-order valence-corrected chi connectivity index (χ3v) is 1.88. The summed E-state index contributed by atoms with van der Waals surface area (Å²) >= 11 is 0. The van der Waals surface area contributed by atoms with Crippen LogP contribution in [0.1, 0.15) is 17.3 Å². The van der Waals surface area contributed by atoms with Crippen molar-refractivity contribution in [1.29, 1.82) is 0 Å². The van der Waals surface area contributed by atoms with E-state index in [1.54, 1.807) is 0 Å². The van der Waals surface area contributed by atoms with E-state index >= 15 is 0 Å². The molecule has 1 unspecified atom stereocenters. The zero-order valence-electron chi connectivity index (χ0n) is 7.48. The topological polar surface area (TPSA) is 26.0 Å². The molecule has 6 heteroatoms. The van der Waals surface area contributed by atoms with Crippen molar-refractivity contribution >= 4 is 0 Å². The highest BCUT2D eigenvalue weighted by Crippen LogP contribution is 2.34. The minimum Gasteiger partial charge on any atom is -0.327 e. The summed E-state index contributed by atoms with van der Waals surface area (Å²) < 4.78 is 62.8. The van der Waals surface area contributed by atoms with Gasteiger partial charge in [0.15, 0.2) is 0 Å². The Morgan fingerprint density at radius 3 is 2.33 bits per heavy atom. The minimum absolute atomic E-state index is 0.557. The van der Waals surface area contributed by atoms with Gasteiger partial charge in [0.2, 0.25) is 0 Å². The van der Waals surface area contributed by atoms with Crippen molar-refractivity contribution in [2.24, 2.45) is 5.73 Å². The number of nitrogens with two attached hydrogens (primary N) is 1. The van der Waals surface area contributed by atoms with E-state index < -0.39 is 35.8 Å². The fourth-order valence-corrected chi connectivity index (χ4v) is 1.14. The summed E-state index contributed by atoms with van der Waals surface area (Å²) in [6.07, 6.45) is -6.75. The van der Waals surface area contributed by atoms with E-state index in [1.165, 1.54) is 0 Å². The molecule has 0 heterocycles. The maximum Gasteiger partial charge on any atom is 0.419 e. The van der Waals surface area contributed by atoms with E-state index in [0.717, 1.165) is 12.1 Å². The van der Waals surface area contributed by atoms with E-state index in [9.17, 15) is 22.0 Å². The lowest BCUT2D eigenvalue weighted by atomic mass is 10.1. The Balaban J connectivity index is 3.23. The lowest BCUT2D eigenvalue weighted by molar-refractivity contribution is -0.140. The number of hydrogen-bond acceptors (Lipinski definition) is 1. The smallest absolute Gasteiger partial charge is 0.327 e. The molecule has 0 amide bonds. The van der Waals surface area contributed by atoms with Gasteiger partial charge in [-0.3, -0.25) is 0 Å². The Hall–Kier alpha value is -1.17. The SMILES string of the molecule is NCC(F)c1cccc(C(F)(F)F)c1F. The zero-order chi connectivity index (χ0) is 11.6. The van der Waals surface area contributed by atoms with Crippen molar-refractivity contribution in [1.82, 2.24) is 0 Å². The van der Waals surface area contributed by atoms with Gasteiger partial charge in [-0.25, -0.2) is 8.78 Å². The van der Waals surface area contributed by atoms with E-state index in [2.05, 4.69) is 0 Å². The van der Waals surface area contributed by atoms with Crippen LogP contribution in [0.3, 0.4) is 0 Å². The van der Waals surface area contributed by atoms with Gasteiger partial charge in [0.25, 0.3) is 0 Å². The molecular weight excluding hydrogens is 217 g/mol. The van der Waals surface area contributed by atoms with Crippen LogP contribution in [0, 0.1) is 5.82 Å². The second-order valence-corrected chi connectivity index (χ2v) is 2.91. The minimum atomic E-state index is -4.82. The molecule has 1 rings (SSSR count). The van der Waals surface area contributed by atoms with E-state index in [4.69, 9.17) is 5.73 Å². The van der Waals surface area contributed by atoms with E-state index in [-0.39, 0.29) is 0 Å². The molecule has 0 bridgehead atoms. The average Bonchev–Trinajstić information content (AvgIpc) is 2.15. The number of hydrogen-bond donors (Lipinski definition) is 1. The van der Waals surface area contributed by atoms with Gasteiger partial charge in [0.1, 0.15) is 12.0 Å². The second-order valence-electron chi connectivity index (χ2n) is 2.91. The first kappa shape index (κ1) is 11.9. The van der Waals surface area contributed by atoms with Crippen molar-refractivity contribution in [3.8, 4) is 0 Å². The summed E-state index contributed by atoms with van der Waals surface area (Å²) in [6, 6.07) is 2.45. The highest BCUT2D eigenvalue weighted by molar-refractivity contribution is 5.29. The molecule has 0 spiro atoms. The monoisotopic (exact) mass is 225 g/mol. The quantitative estimate of drug-likeness (QED) is 0.769. The van der Waals surface area contributed by atoms with Gasteiger partial charge < -0.3 is 5.73 Å². The van der Waals surface area contributed by atoms with Crippen LogP contribution in [0.4, 0.5) is 22.0 Å². The van der Waals surface area contributed by atoms with Gasteiger partial charge in [0, 0.05) is 12.1 Å². The molecule has 0 aliphatic carbocycles. The second kappa shape index (κ2) is 4.14. The summed E-state index contributed by atoms with van der Waals surface area (Å²) in [5.41, 5.74) is 2.77. The Bertz CT molecular complexity index is 347. The molecular formula is C9H8F5N. The van der Waals surface area contributed by atoms with E-state index in [0.29, 0.717) is 6.07 Å². The Kier molecular flexibility index (Phi) is 3.28. The van der Waals surface area contributed by atoms with Crippen LogP contribution >= 0.6 is 0 Å². The van der Waals surface area contributed by atoms with E-state index in [1.807, 2.05) is 0 Å². The van der Waals surface area contributed by atoms with Gasteiger partial charge in [-0.2, -0.15) is 13.2 Å². The van der Waals surface area contributed by atoms with Crippen molar-refractivity contribution in [3.05, 3.63) is 35.1 Å². The summed E-state index contributed by atoms with van der Waals surface area (Å²) in [6.45, 7) is -0.557. The van der Waals surface area contributed by atoms with Crippen LogP contribution in [-0.4, -0.2) is 6.54 Å². The molecule has 1 aromatic carbocycles. The van der Waals surface area contributed by atoms with Gasteiger partial charge in [-0.1, -0.05) is 12.1 Å². The van der Waals surface area contributed by atoms with Crippen molar-refractivity contribution in [3.63, 3.8) is 0 Å². The van der Waals surface area contributed by atoms with Gasteiger partial charge >= 0.3 is 6.18 Å². The maximum atomic E-state index is 13.2. The molecule has 1 atom stereocenters. The fourth-order valence-electron chi connectivity index (χ4n) is 1.14. The first-order valence-corrected chi connectivity index (χ1v) is 4.07. The van der Waals surface area contributed by atoms with Crippen molar-refractivity contribution in [2.45, 2.75) is 12.3 Å². The predicted octanol–water partition coefficient (Wildman–Crippen LogP) is 2.81. The average molecular weight is 225 g/mol. The number of halogens is 5. The largest absolute Gasteiger partial charge is 0.419 e. The molecule has 0 saturated carbocycles. The predicted molar refractivity (Wildman–Crippen MR) is 44.3 cm³/mol. The highest BCUT2D eigenvalue weighted by atomic mass is 19.4. The third-order valence-electron chi connectivity index (χ3n) is 1.88. The fraction of sp³-hybridized carbons (Fsp3) is 0.333. The molecule has 1 nitrogen and oxygen atoms in total. The lowest BCUT2D eigenvalue weighted by Gasteiger charge is -2.12. The van der Waals surface area contributed by atoms with Crippen LogP contribution in [0.15, 0.2) is 18.2 Å². The Morgan fingerprint density at radius 1 is 1.27 bits per heavy atom. The first-order chi connectivity index (χ1) is 6.88. The first-order valence-electron chi connectivity index (χ1n) is 4.07. The molecule has 0 fully saturated rings. The lowest BCUT2D eigenvalue weighted by Crippen LogP contribution is -2.14. The summed E-state index contributed by atoms with van der Waals surface area (Å²) in [7, 11) is 0. The van der Waals surface area contributed by atoms with Crippen LogP contribution in [0.25, 0.3) is 0 Å². The van der Waals surface area contributed by atoms with Gasteiger partial charge in [0.05, 0.1) is 5.56 Å². The number of alkyl halides is 4. The number of benzene rings is 1. The molecule has 0 saturated heterocycles. The summed E-state index contributed by atoms with van der Waals surface area (Å²) in [5, 5.41) is 0. The molecule has 15 heavy (non-hydrogen) atoms. The van der Waals surface area contributed by atoms with Crippen LogP contribution in [0.5, 0.6) is 0 Å². The normalized spacial score (nSPS) is 14.0. The van der Waals surface area contributed by atoms with Crippen molar-refractivity contribution in [2.75, 3.05) is 6.54 Å². The molecule has 0 radical (unpaired) electrons. The van der Waals surface area contributed by atoms with Gasteiger partial charge in [-0.05, 0) is 6.07 Å². The molecule has 2 N–H and O–H groups in total. The van der Waals surface area contributed by atoms with Crippen LogP contribution in [-0.2, 0) is 6.18 Å². The van der Waals surface area contributed by atoms with Crippen LogP contribution in [0.2, 0.25) is 0 Å². The summed E-state index contributed by atoms with van der Waals surface area (Å²) in [5.74, 6) is -1.59. The molecule has 84 valence electrons. The van der Waals surface area contributed by atoms with Gasteiger partial charge in [-0.15, -0.1) is 0 Å². The summed E-state index contributed by atoms with van der Waals surface area (Å²) in [4.78, 5) is 0.